The van der Waals surface area contributed by atoms with Gasteiger partial charge >= 0.3 is 0 Å². The van der Waals surface area contributed by atoms with E-state index in [0.29, 0.717) is 11.2 Å². The van der Waals surface area contributed by atoms with Gasteiger partial charge in [-0.15, -0.1) is 11.3 Å². The van der Waals surface area contributed by atoms with Crippen molar-refractivity contribution in [1.82, 2.24) is 9.55 Å². The normalized spacial score (nSPS) is 11.9. The first-order chi connectivity index (χ1) is 11.1. The van der Waals surface area contributed by atoms with Gasteiger partial charge in [-0.25, -0.2) is 4.98 Å². The summed E-state index contributed by atoms with van der Waals surface area (Å²) in [7, 11) is 0. The first-order valence-electron chi connectivity index (χ1n) is 7.42. The number of rotatable bonds is 3. The SMILES string of the molecule is CC(C)N=c1ccccn1C(=O)c1csc(-c2ccccc2)n1. The van der Waals surface area contributed by atoms with E-state index >= 15 is 0 Å². The van der Waals surface area contributed by atoms with E-state index < -0.39 is 0 Å². The number of hydrogen-bond acceptors (Lipinski definition) is 4. The molecule has 3 aromatic rings. The van der Waals surface area contributed by atoms with Crippen LogP contribution in [0.3, 0.4) is 0 Å². The van der Waals surface area contributed by atoms with E-state index in [9.17, 15) is 4.79 Å². The highest BCUT2D eigenvalue weighted by molar-refractivity contribution is 7.13. The fraction of sp³-hybridized carbons (Fsp3) is 0.167. The Balaban J connectivity index is 1.98. The summed E-state index contributed by atoms with van der Waals surface area (Å²) in [6.45, 7) is 3.97. The van der Waals surface area contributed by atoms with E-state index in [2.05, 4.69) is 9.98 Å². The van der Waals surface area contributed by atoms with Crippen molar-refractivity contribution in [3.05, 3.63) is 71.3 Å². The highest BCUT2D eigenvalue weighted by atomic mass is 32.1. The zero-order chi connectivity index (χ0) is 16.2. The third kappa shape index (κ3) is 3.46. The van der Waals surface area contributed by atoms with E-state index in [4.69, 9.17) is 0 Å². The Morgan fingerprint density at radius 3 is 2.61 bits per heavy atom. The summed E-state index contributed by atoms with van der Waals surface area (Å²) < 4.78 is 1.55. The Bertz CT molecular complexity index is 878. The van der Waals surface area contributed by atoms with Crippen molar-refractivity contribution in [3.8, 4) is 10.6 Å². The molecule has 0 atom stereocenters. The van der Waals surface area contributed by atoms with Gasteiger partial charge in [0.15, 0.2) is 0 Å². The van der Waals surface area contributed by atoms with Gasteiger partial charge in [-0.3, -0.25) is 14.4 Å². The van der Waals surface area contributed by atoms with Crippen LogP contribution in [0.15, 0.2) is 65.1 Å². The zero-order valence-corrected chi connectivity index (χ0v) is 13.8. The van der Waals surface area contributed by atoms with Gasteiger partial charge in [-0.05, 0) is 26.0 Å². The molecule has 0 unspecified atom stereocenters. The van der Waals surface area contributed by atoms with Gasteiger partial charge in [0.1, 0.15) is 16.2 Å². The first kappa shape index (κ1) is 15.4. The maximum Gasteiger partial charge on any atom is 0.283 e. The lowest BCUT2D eigenvalue weighted by atomic mass is 10.2. The molecule has 0 saturated heterocycles. The largest absolute Gasteiger partial charge is 0.283 e. The maximum atomic E-state index is 12.7. The summed E-state index contributed by atoms with van der Waals surface area (Å²) >= 11 is 1.47. The molecular weight excluding hydrogens is 306 g/mol. The molecule has 1 aromatic carbocycles. The molecule has 0 aliphatic heterocycles. The van der Waals surface area contributed by atoms with Crippen molar-refractivity contribution >= 4 is 17.2 Å². The van der Waals surface area contributed by atoms with Crippen LogP contribution in [0.4, 0.5) is 0 Å². The highest BCUT2D eigenvalue weighted by Crippen LogP contribution is 2.23. The average molecular weight is 323 g/mol. The molecule has 0 amide bonds. The van der Waals surface area contributed by atoms with Crippen LogP contribution in [0.5, 0.6) is 0 Å². The highest BCUT2D eigenvalue weighted by Gasteiger charge is 2.14. The van der Waals surface area contributed by atoms with Crippen molar-refractivity contribution in [2.75, 3.05) is 0 Å². The lowest BCUT2D eigenvalue weighted by Crippen LogP contribution is -2.28. The molecule has 5 heteroatoms. The standard InChI is InChI=1S/C18H17N3OS/c1-13(2)19-16-10-6-7-11-21(16)18(22)15-12-23-17(20-15)14-8-4-3-5-9-14/h3-13H,1-2H3. The molecule has 0 fully saturated rings. The summed E-state index contributed by atoms with van der Waals surface area (Å²) in [4.78, 5) is 21.7. The summed E-state index contributed by atoms with van der Waals surface area (Å²) in [6.07, 6.45) is 1.73. The van der Waals surface area contributed by atoms with Gasteiger partial charge < -0.3 is 0 Å². The number of thiazole rings is 1. The second kappa shape index (κ2) is 6.71. The van der Waals surface area contributed by atoms with Crippen LogP contribution in [-0.2, 0) is 0 Å². The number of hydrogen-bond donors (Lipinski definition) is 0. The summed E-state index contributed by atoms with van der Waals surface area (Å²) in [6, 6.07) is 15.5. The van der Waals surface area contributed by atoms with Crippen molar-refractivity contribution in [2.24, 2.45) is 4.99 Å². The molecule has 23 heavy (non-hydrogen) atoms. The van der Waals surface area contributed by atoms with Crippen LogP contribution in [0.1, 0.15) is 24.3 Å². The topological polar surface area (TPSA) is 47.2 Å². The van der Waals surface area contributed by atoms with Gasteiger partial charge in [0.25, 0.3) is 5.91 Å². The summed E-state index contributed by atoms with van der Waals surface area (Å²) in [5.41, 5.74) is 2.09. The van der Waals surface area contributed by atoms with Crippen LogP contribution in [0.25, 0.3) is 10.6 Å². The van der Waals surface area contributed by atoms with Crippen LogP contribution >= 0.6 is 11.3 Å². The average Bonchev–Trinajstić information content (AvgIpc) is 3.05. The Morgan fingerprint density at radius 2 is 1.87 bits per heavy atom. The Hall–Kier alpha value is -2.53. The maximum absolute atomic E-state index is 12.7. The van der Waals surface area contributed by atoms with Gasteiger partial charge in [0.05, 0.1) is 0 Å². The molecule has 0 aliphatic rings. The molecule has 0 aliphatic carbocycles. The predicted octanol–water partition coefficient (Wildman–Crippen LogP) is 3.61. The molecule has 3 rings (SSSR count). The van der Waals surface area contributed by atoms with E-state index in [1.165, 1.54) is 11.3 Å². The van der Waals surface area contributed by atoms with E-state index in [-0.39, 0.29) is 11.9 Å². The Kier molecular flexibility index (Phi) is 4.48. The fourth-order valence-electron chi connectivity index (χ4n) is 2.18. The quantitative estimate of drug-likeness (QED) is 0.739. The molecule has 2 heterocycles. The van der Waals surface area contributed by atoms with Gasteiger partial charge in [-0.1, -0.05) is 36.4 Å². The number of benzene rings is 1. The minimum Gasteiger partial charge on any atom is -0.267 e. The Labute approximate surface area is 138 Å². The van der Waals surface area contributed by atoms with Crippen LogP contribution < -0.4 is 5.49 Å². The minimum atomic E-state index is -0.163. The monoisotopic (exact) mass is 323 g/mol. The molecule has 0 N–H and O–H groups in total. The van der Waals surface area contributed by atoms with Crippen molar-refractivity contribution in [1.29, 1.82) is 0 Å². The molecule has 2 aromatic heterocycles. The third-order valence-electron chi connectivity index (χ3n) is 3.19. The Morgan fingerprint density at radius 1 is 1.13 bits per heavy atom. The smallest absolute Gasteiger partial charge is 0.267 e. The second-order valence-corrected chi connectivity index (χ2v) is 6.22. The van der Waals surface area contributed by atoms with Crippen molar-refractivity contribution < 1.29 is 4.79 Å². The van der Waals surface area contributed by atoms with E-state index in [0.717, 1.165) is 10.6 Å². The number of nitrogens with zero attached hydrogens (tertiary/aromatic N) is 3. The van der Waals surface area contributed by atoms with Crippen LogP contribution in [0.2, 0.25) is 0 Å². The van der Waals surface area contributed by atoms with Crippen LogP contribution in [0, 0.1) is 0 Å². The minimum absolute atomic E-state index is 0.117. The van der Waals surface area contributed by atoms with E-state index in [1.54, 1.807) is 16.1 Å². The van der Waals surface area contributed by atoms with Gasteiger partial charge in [0.2, 0.25) is 0 Å². The molecular formula is C18H17N3OS. The molecule has 0 spiro atoms. The fourth-order valence-corrected chi connectivity index (χ4v) is 2.98. The predicted molar refractivity (Wildman–Crippen MR) is 92.4 cm³/mol. The second-order valence-electron chi connectivity index (χ2n) is 5.36. The third-order valence-corrected chi connectivity index (χ3v) is 4.08. The van der Waals surface area contributed by atoms with Crippen molar-refractivity contribution in [3.63, 3.8) is 0 Å². The van der Waals surface area contributed by atoms with Gasteiger partial charge in [-0.2, -0.15) is 0 Å². The number of carbonyl (C=O) groups excluding carboxylic acids is 1. The summed E-state index contributed by atoms with van der Waals surface area (Å²) in [5.74, 6) is -0.163. The van der Waals surface area contributed by atoms with Crippen LogP contribution in [-0.4, -0.2) is 21.5 Å². The molecule has 116 valence electrons. The lowest BCUT2D eigenvalue weighted by molar-refractivity contribution is 0.0950. The molecule has 0 bridgehead atoms. The number of carbonyl (C=O) groups is 1. The summed E-state index contributed by atoms with van der Waals surface area (Å²) in [5, 5.41) is 2.64. The zero-order valence-electron chi connectivity index (χ0n) is 13.0. The molecule has 0 radical (unpaired) electrons. The van der Waals surface area contributed by atoms with Crippen molar-refractivity contribution in [2.45, 2.75) is 19.9 Å². The lowest BCUT2D eigenvalue weighted by Gasteiger charge is -2.05. The molecule has 4 nitrogen and oxygen atoms in total. The molecule has 0 saturated carbocycles. The number of pyridine rings is 1. The van der Waals surface area contributed by atoms with E-state index in [1.807, 2.05) is 62.4 Å². The number of aromatic nitrogens is 2. The first-order valence-corrected chi connectivity index (χ1v) is 8.30. The van der Waals surface area contributed by atoms with Gasteiger partial charge in [0, 0.05) is 23.2 Å².